The summed E-state index contributed by atoms with van der Waals surface area (Å²) in [5.74, 6) is -0.894. The Hall–Kier alpha value is -1.14. The monoisotopic (exact) mass is 255 g/mol. The topological polar surface area (TPSA) is 56.7 Å². The molecular formula is C11H17N3O2S. The van der Waals surface area contributed by atoms with Crippen molar-refractivity contribution >= 4 is 22.4 Å². The highest BCUT2D eigenvalue weighted by molar-refractivity contribution is 7.17. The number of piperazine rings is 1. The number of aromatic carboxylic acids is 1. The Balaban J connectivity index is 2.06. The number of anilines is 1. The molecule has 17 heavy (non-hydrogen) atoms. The van der Waals surface area contributed by atoms with Crippen LogP contribution in [0.1, 0.15) is 23.5 Å². The zero-order valence-corrected chi connectivity index (χ0v) is 10.9. The summed E-state index contributed by atoms with van der Waals surface area (Å²) < 4.78 is 0. The van der Waals surface area contributed by atoms with Crippen LogP contribution in [0.2, 0.25) is 0 Å². The molecule has 1 aromatic heterocycles. The first-order valence-corrected chi connectivity index (χ1v) is 6.61. The van der Waals surface area contributed by atoms with Crippen LogP contribution in [-0.2, 0) is 0 Å². The lowest BCUT2D eigenvalue weighted by Gasteiger charge is -2.39. The Bertz CT molecular complexity index is 407. The lowest BCUT2D eigenvalue weighted by atomic mass is 10.2. The van der Waals surface area contributed by atoms with Crippen molar-refractivity contribution in [1.29, 1.82) is 0 Å². The van der Waals surface area contributed by atoms with E-state index in [1.54, 1.807) is 0 Å². The Morgan fingerprint density at radius 3 is 2.94 bits per heavy atom. The van der Waals surface area contributed by atoms with Crippen LogP contribution in [0.3, 0.4) is 0 Å². The van der Waals surface area contributed by atoms with Gasteiger partial charge in [0.1, 0.15) is 4.88 Å². The summed E-state index contributed by atoms with van der Waals surface area (Å²) in [5, 5.41) is 9.70. The number of carbonyl (C=O) groups is 1. The minimum Gasteiger partial charge on any atom is -0.477 e. The molecule has 1 fully saturated rings. The molecule has 0 spiro atoms. The normalized spacial score (nSPS) is 21.8. The van der Waals surface area contributed by atoms with E-state index in [-0.39, 0.29) is 0 Å². The van der Waals surface area contributed by atoms with Crippen LogP contribution >= 0.6 is 11.3 Å². The van der Waals surface area contributed by atoms with Gasteiger partial charge in [-0.3, -0.25) is 4.90 Å². The molecule has 5 nitrogen and oxygen atoms in total. The highest BCUT2D eigenvalue weighted by Crippen LogP contribution is 2.24. The molecular weight excluding hydrogens is 238 g/mol. The molecule has 1 aliphatic rings. The molecule has 0 bridgehead atoms. The number of hydrogen-bond donors (Lipinski definition) is 1. The van der Waals surface area contributed by atoms with Crippen LogP contribution in [0.5, 0.6) is 0 Å². The van der Waals surface area contributed by atoms with Crippen molar-refractivity contribution in [3.8, 4) is 0 Å². The molecule has 2 rings (SSSR count). The molecule has 0 aromatic carbocycles. The van der Waals surface area contributed by atoms with Gasteiger partial charge in [0.25, 0.3) is 0 Å². The van der Waals surface area contributed by atoms with Crippen molar-refractivity contribution in [2.75, 3.05) is 31.1 Å². The molecule has 1 unspecified atom stereocenters. The van der Waals surface area contributed by atoms with Gasteiger partial charge in [0.2, 0.25) is 0 Å². The van der Waals surface area contributed by atoms with E-state index in [0.717, 1.165) is 31.3 Å². The van der Waals surface area contributed by atoms with Crippen LogP contribution in [0.15, 0.2) is 6.20 Å². The van der Waals surface area contributed by atoms with Crippen molar-refractivity contribution in [3.05, 3.63) is 11.1 Å². The average molecular weight is 255 g/mol. The van der Waals surface area contributed by atoms with Crippen molar-refractivity contribution < 1.29 is 9.90 Å². The summed E-state index contributed by atoms with van der Waals surface area (Å²) in [7, 11) is 0. The maximum Gasteiger partial charge on any atom is 0.347 e. The van der Waals surface area contributed by atoms with Gasteiger partial charge in [-0.25, -0.2) is 9.78 Å². The second kappa shape index (κ2) is 5.01. The number of likely N-dealkylation sites (N-methyl/N-ethyl adjacent to an activating group) is 1. The number of rotatable bonds is 3. The number of hydrogen-bond acceptors (Lipinski definition) is 5. The van der Waals surface area contributed by atoms with E-state index in [4.69, 9.17) is 5.11 Å². The number of carboxylic acids is 1. The first-order valence-electron chi connectivity index (χ1n) is 5.80. The lowest BCUT2D eigenvalue weighted by Crippen LogP contribution is -2.51. The number of carboxylic acid groups (broad SMARTS) is 1. The Morgan fingerprint density at radius 1 is 1.65 bits per heavy atom. The molecule has 0 aliphatic carbocycles. The molecule has 1 N–H and O–H groups in total. The predicted molar refractivity (Wildman–Crippen MR) is 68.0 cm³/mol. The lowest BCUT2D eigenvalue weighted by molar-refractivity contribution is 0.0702. The fourth-order valence-electron chi connectivity index (χ4n) is 2.15. The molecule has 0 radical (unpaired) electrons. The number of nitrogens with zero attached hydrogens (tertiary/aromatic N) is 3. The zero-order chi connectivity index (χ0) is 12.4. The standard InChI is InChI=1S/C11H17N3O2S/c1-3-13-4-5-14(7-8(13)2)11-12-6-9(17-11)10(15)16/h6,8H,3-5,7H2,1-2H3,(H,15,16). The highest BCUT2D eigenvalue weighted by Gasteiger charge is 2.24. The summed E-state index contributed by atoms with van der Waals surface area (Å²) in [4.78, 5) is 19.9. The third-order valence-electron chi connectivity index (χ3n) is 3.15. The summed E-state index contributed by atoms with van der Waals surface area (Å²) in [6.07, 6.45) is 1.44. The molecule has 1 atom stereocenters. The number of aromatic nitrogens is 1. The van der Waals surface area contributed by atoms with Crippen LogP contribution in [0.25, 0.3) is 0 Å². The molecule has 1 aromatic rings. The molecule has 6 heteroatoms. The van der Waals surface area contributed by atoms with E-state index in [0.29, 0.717) is 10.9 Å². The quantitative estimate of drug-likeness (QED) is 0.884. The van der Waals surface area contributed by atoms with E-state index < -0.39 is 5.97 Å². The van der Waals surface area contributed by atoms with Gasteiger partial charge in [0.05, 0.1) is 6.20 Å². The van der Waals surface area contributed by atoms with Gasteiger partial charge in [-0.2, -0.15) is 0 Å². The van der Waals surface area contributed by atoms with E-state index in [1.165, 1.54) is 17.5 Å². The molecule has 94 valence electrons. The Labute approximate surface area is 105 Å². The van der Waals surface area contributed by atoms with E-state index in [2.05, 4.69) is 28.6 Å². The second-order valence-electron chi connectivity index (χ2n) is 4.24. The Kier molecular flexibility index (Phi) is 3.63. The van der Waals surface area contributed by atoms with Gasteiger partial charge in [0.15, 0.2) is 5.13 Å². The van der Waals surface area contributed by atoms with Gasteiger partial charge < -0.3 is 10.0 Å². The Morgan fingerprint density at radius 2 is 2.41 bits per heavy atom. The molecule has 1 saturated heterocycles. The van der Waals surface area contributed by atoms with Crippen molar-refractivity contribution in [1.82, 2.24) is 9.88 Å². The second-order valence-corrected chi connectivity index (χ2v) is 5.24. The number of thiazole rings is 1. The summed E-state index contributed by atoms with van der Waals surface area (Å²) >= 11 is 1.26. The maximum atomic E-state index is 10.8. The van der Waals surface area contributed by atoms with Crippen LogP contribution in [-0.4, -0.2) is 53.2 Å². The van der Waals surface area contributed by atoms with Gasteiger partial charge in [-0.15, -0.1) is 0 Å². The molecule has 0 amide bonds. The van der Waals surface area contributed by atoms with E-state index in [1.807, 2.05) is 0 Å². The summed E-state index contributed by atoms with van der Waals surface area (Å²) in [6.45, 7) is 8.28. The summed E-state index contributed by atoms with van der Waals surface area (Å²) in [5.41, 5.74) is 0. The van der Waals surface area contributed by atoms with Gasteiger partial charge in [-0.05, 0) is 13.5 Å². The maximum absolute atomic E-state index is 10.8. The summed E-state index contributed by atoms with van der Waals surface area (Å²) in [6, 6.07) is 0.492. The first-order chi connectivity index (χ1) is 8.11. The van der Waals surface area contributed by atoms with Crippen molar-refractivity contribution in [3.63, 3.8) is 0 Å². The zero-order valence-electron chi connectivity index (χ0n) is 10.1. The largest absolute Gasteiger partial charge is 0.477 e. The van der Waals surface area contributed by atoms with Crippen LogP contribution < -0.4 is 4.90 Å². The fraction of sp³-hybridized carbons (Fsp3) is 0.636. The van der Waals surface area contributed by atoms with Crippen molar-refractivity contribution in [2.24, 2.45) is 0 Å². The fourth-order valence-corrected chi connectivity index (χ4v) is 2.94. The third-order valence-corrected chi connectivity index (χ3v) is 4.19. The highest BCUT2D eigenvalue weighted by atomic mass is 32.1. The van der Waals surface area contributed by atoms with Crippen LogP contribution in [0, 0.1) is 0 Å². The van der Waals surface area contributed by atoms with Crippen molar-refractivity contribution in [2.45, 2.75) is 19.9 Å². The average Bonchev–Trinajstić information content (AvgIpc) is 2.78. The van der Waals surface area contributed by atoms with Gasteiger partial charge in [0, 0.05) is 25.7 Å². The van der Waals surface area contributed by atoms with Gasteiger partial charge >= 0.3 is 5.97 Å². The van der Waals surface area contributed by atoms with E-state index in [9.17, 15) is 4.79 Å². The minimum atomic E-state index is -0.894. The smallest absolute Gasteiger partial charge is 0.347 e. The molecule has 2 heterocycles. The molecule has 1 aliphatic heterocycles. The minimum absolute atomic E-state index is 0.311. The van der Waals surface area contributed by atoms with Crippen LogP contribution in [0.4, 0.5) is 5.13 Å². The third kappa shape index (κ3) is 2.58. The SMILES string of the molecule is CCN1CCN(c2ncc(C(=O)O)s2)CC1C. The van der Waals surface area contributed by atoms with E-state index >= 15 is 0 Å². The van der Waals surface area contributed by atoms with Gasteiger partial charge in [-0.1, -0.05) is 18.3 Å². The predicted octanol–water partition coefficient (Wildman–Crippen LogP) is 1.37. The first kappa shape index (κ1) is 12.3. The molecule has 0 saturated carbocycles.